The smallest absolute Gasteiger partial charge is 0.342 e. The first kappa shape index (κ1) is 21.6. The maximum atomic E-state index is 14.9. The van der Waals surface area contributed by atoms with Gasteiger partial charge in [0.05, 0.1) is 27.7 Å². The first-order valence-electron chi connectivity index (χ1n) is 8.57. The van der Waals surface area contributed by atoms with E-state index in [0.29, 0.717) is 6.07 Å². The zero-order valence-electron chi connectivity index (χ0n) is 15.2. The molecule has 1 saturated heterocycles. The van der Waals surface area contributed by atoms with Crippen LogP contribution in [0.3, 0.4) is 0 Å². The van der Waals surface area contributed by atoms with Crippen LogP contribution in [0.25, 0.3) is 16.7 Å². The molecule has 162 valence electrons. The Labute approximate surface area is 189 Å². The van der Waals surface area contributed by atoms with Crippen molar-refractivity contribution in [1.82, 2.24) is 9.55 Å². The average Bonchev–Trinajstić information content (AvgIpc) is 2.64. The van der Waals surface area contributed by atoms with E-state index in [-0.39, 0.29) is 33.0 Å². The summed E-state index contributed by atoms with van der Waals surface area (Å²) in [5.41, 5.74) is 3.23. The highest BCUT2D eigenvalue weighted by Crippen LogP contribution is 2.39. The second-order valence-corrected chi connectivity index (χ2v) is 8.17. The predicted octanol–water partition coefficient (Wildman–Crippen LogP) is 2.52. The molecule has 1 aromatic carbocycles. The van der Waals surface area contributed by atoms with Crippen LogP contribution in [0.1, 0.15) is 10.4 Å². The van der Waals surface area contributed by atoms with Gasteiger partial charge in [0.1, 0.15) is 15.1 Å². The van der Waals surface area contributed by atoms with Crippen molar-refractivity contribution in [2.24, 2.45) is 0 Å². The Kier molecular flexibility index (Phi) is 5.26. The maximum Gasteiger partial charge on any atom is 0.342 e. The molecule has 0 spiro atoms. The van der Waals surface area contributed by atoms with Gasteiger partial charge in [-0.1, -0.05) is 11.6 Å². The molecule has 0 saturated carbocycles. The molecule has 0 bridgehead atoms. The lowest BCUT2D eigenvalue weighted by Crippen LogP contribution is -2.51. The van der Waals surface area contributed by atoms with Gasteiger partial charge in [-0.3, -0.25) is 9.36 Å². The Bertz CT molecular complexity index is 1340. The molecule has 3 heterocycles. The number of halogens is 5. The fourth-order valence-corrected chi connectivity index (χ4v) is 4.71. The van der Waals surface area contributed by atoms with Crippen molar-refractivity contribution in [2.45, 2.75) is 6.10 Å². The van der Waals surface area contributed by atoms with Crippen LogP contribution in [0.5, 0.6) is 0 Å². The van der Waals surface area contributed by atoms with Gasteiger partial charge in [0.25, 0.3) is 0 Å². The van der Waals surface area contributed by atoms with E-state index < -0.39 is 57.5 Å². The lowest BCUT2D eigenvalue weighted by Gasteiger charge is -2.38. The Morgan fingerprint density at radius 1 is 1.23 bits per heavy atom. The molecule has 4 N–H and O–H groups in total. The standard InChI is InChI=1S/C18H11ClF3IN4O4/c19-11-12-6(1-7(20)13(11)26-3-5(28)4-26)14(29)10(18(30)31)15(23)27(12)17-9(22)2-8(21)16(24)25-17/h1-2,5,28H,3-4H2,(H2,24,25)(H,30,31). The minimum absolute atomic E-state index is 0.0623. The van der Waals surface area contributed by atoms with Gasteiger partial charge in [-0.2, -0.15) is 0 Å². The van der Waals surface area contributed by atoms with Crippen molar-refractivity contribution in [3.05, 3.63) is 54.1 Å². The van der Waals surface area contributed by atoms with Crippen LogP contribution in [0.2, 0.25) is 5.02 Å². The molecule has 8 nitrogen and oxygen atoms in total. The van der Waals surface area contributed by atoms with Crippen molar-refractivity contribution in [1.29, 1.82) is 0 Å². The fourth-order valence-electron chi connectivity index (χ4n) is 3.37. The van der Waals surface area contributed by atoms with Gasteiger partial charge < -0.3 is 20.8 Å². The number of carboxylic acid groups (broad SMARTS) is 1. The van der Waals surface area contributed by atoms with Crippen molar-refractivity contribution in [3.8, 4) is 5.82 Å². The second-order valence-electron chi connectivity index (χ2n) is 6.77. The number of carbonyl (C=O) groups is 1. The Hall–Kier alpha value is -2.58. The number of anilines is 2. The van der Waals surface area contributed by atoms with E-state index in [9.17, 15) is 33.0 Å². The van der Waals surface area contributed by atoms with Gasteiger partial charge in [0.2, 0.25) is 5.43 Å². The molecular weight excluding hydrogens is 556 g/mol. The van der Waals surface area contributed by atoms with Gasteiger partial charge in [-0.25, -0.2) is 22.9 Å². The number of nitrogens with zero attached hydrogens (tertiary/aromatic N) is 3. The van der Waals surface area contributed by atoms with Crippen molar-refractivity contribution in [3.63, 3.8) is 0 Å². The lowest BCUT2D eigenvalue weighted by atomic mass is 10.1. The molecular formula is C18H11ClF3IN4O4. The third-order valence-corrected chi connectivity index (χ3v) is 6.19. The Morgan fingerprint density at radius 2 is 1.87 bits per heavy atom. The SMILES string of the molecule is Nc1nc(-n2c(I)c(C(=O)O)c(=O)c3cc(F)c(N4CC(O)C4)c(Cl)c32)c(F)cc1F. The number of fused-ring (bicyclic) bond motifs is 1. The summed E-state index contributed by atoms with van der Waals surface area (Å²) in [6.07, 6.45) is -0.709. The molecule has 1 aliphatic rings. The summed E-state index contributed by atoms with van der Waals surface area (Å²) in [7, 11) is 0. The molecule has 2 aromatic heterocycles. The van der Waals surface area contributed by atoms with Gasteiger partial charge in [0, 0.05) is 19.2 Å². The summed E-state index contributed by atoms with van der Waals surface area (Å²) in [5, 5.41) is 18.3. The summed E-state index contributed by atoms with van der Waals surface area (Å²) in [6.45, 7) is 0.125. The number of β-amino-alcohol motifs (C(OH)–C–C–N with tert-alkyl or cyclic N) is 1. The molecule has 4 rings (SSSR count). The number of nitrogens with two attached hydrogens (primary N) is 1. The number of hydrogen-bond acceptors (Lipinski definition) is 6. The molecule has 3 aromatic rings. The lowest BCUT2D eigenvalue weighted by molar-refractivity contribution is 0.0693. The summed E-state index contributed by atoms with van der Waals surface area (Å²) in [6, 6.07) is 1.23. The van der Waals surface area contributed by atoms with E-state index in [4.69, 9.17) is 17.3 Å². The fraction of sp³-hybridized carbons (Fsp3) is 0.167. The van der Waals surface area contributed by atoms with E-state index in [2.05, 4.69) is 4.98 Å². The monoisotopic (exact) mass is 566 g/mol. The van der Waals surface area contributed by atoms with E-state index >= 15 is 0 Å². The third kappa shape index (κ3) is 3.29. The van der Waals surface area contributed by atoms with Crippen LogP contribution in [0.15, 0.2) is 16.9 Å². The molecule has 0 amide bonds. The van der Waals surface area contributed by atoms with E-state index in [0.717, 1.165) is 10.6 Å². The number of nitrogen functional groups attached to an aromatic ring is 1. The van der Waals surface area contributed by atoms with E-state index in [1.165, 1.54) is 27.5 Å². The zero-order chi connectivity index (χ0) is 22.8. The molecule has 0 unspecified atom stereocenters. The largest absolute Gasteiger partial charge is 0.477 e. The van der Waals surface area contributed by atoms with Crippen LogP contribution in [0.4, 0.5) is 24.7 Å². The summed E-state index contributed by atoms with van der Waals surface area (Å²) in [4.78, 5) is 29.6. The van der Waals surface area contributed by atoms with E-state index in [1.807, 2.05) is 0 Å². The number of aromatic nitrogens is 2. The molecule has 0 aliphatic carbocycles. The highest BCUT2D eigenvalue weighted by atomic mass is 127. The number of aliphatic hydroxyl groups is 1. The van der Waals surface area contributed by atoms with Crippen LogP contribution < -0.4 is 16.1 Å². The highest BCUT2D eigenvalue weighted by Gasteiger charge is 2.33. The minimum Gasteiger partial charge on any atom is -0.477 e. The van der Waals surface area contributed by atoms with Crippen LogP contribution in [-0.4, -0.2) is 44.9 Å². The Balaban J connectivity index is 2.20. The summed E-state index contributed by atoms with van der Waals surface area (Å²) in [5.74, 6) is -6.25. The van der Waals surface area contributed by atoms with Crippen LogP contribution >= 0.6 is 34.2 Å². The molecule has 1 aliphatic heterocycles. The Morgan fingerprint density at radius 3 is 2.45 bits per heavy atom. The average molecular weight is 567 g/mol. The van der Waals surface area contributed by atoms with Gasteiger partial charge in [0.15, 0.2) is 23.3 Å². The van der Waals surface area contributed by atoms with E-state index in [1.54, 1.807) is 0 Å². The van der Waals surface area contributed by atoms with Crippen molar-refractivity contribution < 1.29 is 28.2 Å². The third-order valence-electron chi connectivity index (χ3n) is 4.81. The number of carboxylic acids is 1. The summed E-state index contributed by atoms with van der Waals surface area (Å²) >= 11 is 7.91. The minimum atomic E-state index is -1.65. The normalized spacial score (nSPS) is 14.2. The number of pyridine rings is 2. The number of hydrogen-bond donors (Lipinski definition) is 3. The van der Waals surface area contributed by atoms with Gasteiger partial charge in [-0.05, 0) is 28.7 Å². The van der Waals surface area contributed by atoms with Crippen molar-refractivity contribution in [2.75, 3.05) is 23.7 Å². The summed E-state index contributed by atoms with van der Waals surface area (Å²) < 4.78 is 43.8. The molecule has 31 heavy (non-hydrogen) atoms. The first-order valence-corrected chi connectivity index (χ1v) is 10.0. The zero-order valence-corrected chi connectivity index (χ0v) is 18.1. The highest BCUT2D eigenvalue weighted by molar-refractivity contribution is 14.1. The quantitative estimate of drug-likeness (QED) is 0.329. The first-order chi connectivity index (χ1) is 14.5. The van der Waals surface area contributed by atoms with Gasteiger partial charge >= 0.3 is 5.97 Å². The number of aromatic carboxylic acids is 1. The molecule has 13 heteroatoms. The molecule has 1 fully saturated rings. The molecule has 0 radical (unpaired) electrons. The van der Waals surface area contributed by atoms with Crippen LogP contribution in [-0.2, 0) is 0 Å². The van der Waals surface area contributed by atoms with Crippen molar-refractivity contribution >= 4 is 62.6 Å². The number of rotatable bonds is 3. The topological polar surface area (TPSA) is 122 Å². The predicted molar refractivity (Wildman–Crippen MR) is 115 cm³/mol. The second kappa shape index (κ2) is 7.53. The maximum absolute atomic E-state index is 14.9. The molecule has 0 atom stereocenters. The number of benzene rings is 1. The number of aliphatic hydroxyl groups excluding tert-OH is 1. The van der Waals surface area contributed by atoms with Crippen LogP contribution in [0, 0.1) is 21.2 Å². The van der Waals surface area contributed by atoms with Gasteiger partial charge in [-0.15, -0.1) is 0 Å².